The van der Waals surface area contributed by atoms with Crippen molar-refractivity contribution in [2.24, 2.45) is 0 Å². The molecule has 0 aliphatic heterocycles. The van der Waals surface area contributed by atoms with Gasteiger partial charge in [0.15, 0.2) is 4.47 Å². The fourth-order valence-electron chi connectivity index (χ4n) is 1.54. The van der Waals surface area contributed by atoms with Crippen molar-refractivity contribution in [2.75, 3.05) is 5.32 Å². The summed E-state index contributed by atoms with van der Waals surface area (Å²) in [4.78, 5) is 5.11. The highest BCUT2D eigenvalue weighted by molar-refractivity contribution is 9.10. The van der Waals surface area contributed by atoms with Gasteiger partial charge in [-0.05, 0) is 32.0 Å². The number of hydrogen-bond acceptors (Lipinski definition) is 4. The largest absolute Gasteiger partial charge is 0.489 e. The number of nitrogens with zero attached hydrogens (tertiary/aromatic N) is 1. The average Bonchev–Trinajstić information content (AvgIpc) is 2.73. The molecule has 1 N–H and O–H groups in total. The van der Waals surface area contributed by atoms with E-state index < -0.39 is 0 Å². The Kier molecular flexibility index (Phi) is 5.07. The van der Waals surface area contributed by atoms with E-state index >= 15 is 0 Å². The van der Waals surface area contributed by atoms with Crippen LogP contribution in [0.25, 0.3) is 0 Å². The highest BCUT2D eigenvalue weighted by atomic mass is 79.9. The van der Waals surface area contributed by atoms with E-state index in [1.54, 1.807) is 6.20 Å². The Hall–Kier alpha value is -0.780. The van der Waals surface area contributed by atoms with Crippen LogP contribution in [0.5, 0.6) is 5.75 Å². The predicted molar refractivity (Wildman–Crippen MR) is 84.4 cm³/mol. The van der Waals surface area contributed by atoms with Crippen LogP contribution in [0.4, 0.5) is 5.69 Å². The second kappa shape index (κ2) is 6.59. The molecule has 0 saturated carbocycles. The first-order valence-electron chi connectivity index (χ1n) is 5.85. The lowest BCUT2D eigenvalue weighted by Crippen LogP contribution is -2.08. The Morgan fingerprint density at radius 1 is 1.47 bits per heavy atom. The molecule has 6 heteroatoms. The van der Waals surface area contributed by atoms with E-state index in [1.165, 1.54) is 11.3 Å². The number of anilines is 1. The molecule has 0 saturated heterocycles. The molecule has 19 heavy (non-hydrogen) atoms. The summed E-state index contributed by atoms with van der Waals surface area (Å²) in [6, 6.07) is 5.93. The molecule has 0 radical (unpaired) electrons. The smallest absolute Gasteiger partial charge is 0.183 e. The van der Waals surface area contributed by atoms with Gasteiger partial charge in [-0.3, -0.25) is 0 Å². The molecular weight excluding hydrogens is 348 g/mol. The zero-order chi connectivity index (χ0) is 13.8. The minimum atomic E-state index is 0.132. The molecular formula is C13H14BrClN2OS. The molecule has 1 aromatic heterocycles. The van der Waals surface area contributed by atoms with Crippen LogP contribution < -0.4 is 10.1 Å². The molecule has 0 fully saturated rings. The Balaban J connectivity index is 2.10. The Morgan fingerprint density at radius 3 is 2.89 bits per heavy atom. The number of thiazole rings is 1. The molecule has 0 aliphatic rings. The molecule has 0 atom stereocenters. The SMILES string of the molecule is CC(C)Oc1cc(Br)ccc1NCc1cnc(Cl)s1. The molecule has 1 aromatic carbocycles. The first-order valence-corrected chi connectivity index (χ1v) is 7.83. The molecule has 0 unspecified atom stereocenters. The van der Waals surface area contributed by atoms with Gasteiger partial charge in [0.05, 0.1) is 18.3 Å². The summed E-state index contributed by atoms with van der Waals surface area (Å²) in [6.07, 6.45) is 1.91. The van der Waals surface area contributed by atoms with Crippen molar-refractivity contribution < 1.29 is 4.74 Å². The van der Waals surface area contributed by atoms with Crippen molar-refractivity contribution in [2.45, 2.75) is 26.5 Å². The zero-order valence-corrected chi connectivity index (χ0v) is 13.8. The topological polar surface area (TPSA) is 34.1 Å². The summed E-state index contributed by atoms with van der Waals surface area (Å²) in [5.41, 5.74) is 0.960. The highest BCUT2D eigenvalue weighted by Gasteiger charge is 2.07. The van der Waals surface area contributed by atoms with Crippen LogP contribution in [-0.4, -0.2) is 11.1 Å². The molecule has 0 amide bonds. The lowest BCUT2D eigenvalue weighted by Gasteiger charge is -2.15. The number of halogens is 2. The predicted octanol–water partition coefficient (Wildman–Crippen LogP) is 4.96. The van der Waals surface area contributed by atoms with Crippen LogP contribution in [-0.2, 0) is 6.54 Å². The van der Waals surface area contributed by atoms with Crippen LogP contribution in [0.2, 0.25) is 4.47 Å². The third-order valence-corrected chi connectivity index (χ3v) is 3.89. The minimum absolute atomic E-state index is 0.132. The average molecular weight is 362 g/mol. The Labute approximate surface area is 130 Å². The third-order valence-electron chi connectivity index (χ3n) is 2.28. The molecule has 0 aliphatic carbocycles. The van der Waals surface area contributed by atoms with Crippen molar-refractivity contribution in [3.63, 3.8) is 0 Å². The van der Waals surface area contributed by atoms with Gasteiger partial charge in [-0.1, -0.05) is 27.5 Å². The molecule has 1 heterocycles. The third kappa shape index (κ3) is 4.37. The van der Waals surface area contributed by atoms with Gasteiger partial charge in [-0.25, -0.2) is 4.98 Å². The van der Waals surface area contributed by atoms with Gasteiger partial charge >= 0.3 is 0 Å². The minimum Gasteiger partial charge on any atom is -0.489 e. The van der Waals surface area contributed by atoms with Gasteiger partial charge in [0.25, 0.3) is 0 Å². The summed E-state index contributed by atoms with van der Waals surface area (Å²) in [7, 11) is 0. The second-order valence-electron chi connectivity index (χ2n) is 4.24. The molecule has 2 rings (SSSR count). The second-order valence-corrected chi connectivity index (χ2v) is 6.85. The van der Waals surface area contributed by atoms with Crippen LogP contribution >= 0.6 is 38.9 Å². The maximum Gasteiger partial charge on any atom is 0.183 e. The fourth-order valence-corrected chi connectivity index (χ4v) is 2.80. The number of ether oxygens (including phenoxy) is 1. The monoisotopic (exact) mass is 360 g/mol. The van der Waals surface area contributed by atoms with Gasteiger partial charge in [-0.15, -0.1) is 11.3 Å². The van der Waals surface area contributed by atoms with E-state index in [4.69, 9.17) is 16.3 Å². The van der Waals surface area contributed by atoms with Crippen LogP contribution in [0.15, 0.2) is 28.9 Å². The van der Waals surface area contributed by atoms with E-state index in [9.17, 15) is 0 Å². The molecule has 2 aromatic rings. The van der Waals surface area contributed by atoms with Crippen LogP contribution in [0, 0.1) is 0 Å². The van der Waals surface area contributed by atoms with Gasteiger partial charge in [0.2, 0.25) is 0 Å². The number of hydrogen-bond donors (Lipinski definition) is 1. The van der Waals surface area contributed by atoms with Crippen LogP contribution in [0.3, 0.4) is 0 Å². The highest BCUT2D eigenvalue weighted by Crippen LogP contribution is 2.30. The standard InChI is InChI=1S/C13H14BrClN2OS/c1-8(2)18-12-5-9(14)3-4-11(12)16-6-10-7-17-13(15)19-10/h3-5,7-8,16H,6H2,1-2H3. The summed E-state index contributed by atoms with van der Waals surface area (Å²) >= 11 is 10.7. The van der Waals surface area contributed by atoms with Crippen molar-refractivity contribution in [3.05, 3.63) is 38.2 Å². The van der Waals surface area contributed by atoms with Gasteiger partial charge < -0.3 is 10.1 Å². The molecule has 102 valence electrons. The quantitative estimate of drug-likeness (QED) is 0.817. The number of rotatable bonds is 5. The normalized spacial score (nSPS) is 10.8. The summed E-state index contributed by atoms with van der Waals surface area (Å²) in [5, 5.41) is 3.34. The Morgan fingerprint density at radius 2 is 2.26 bits per heavy atom. The van der Waals surface area contributed by atoms with E-state index in [0.29, 0.717) is 11.0 Å². The van der Waals surface area contributed by atoms with Crippen molar-refractivity contribution in [1.82, 2.24) is 4.98 Å². The van der Waals surface area contributed by atoms with E-state index in [-0.39, 0.29) is 6.10 Å². The number of aromatic nitrogens is 1. The van der Waals surface area contributed by atoms with E-state index in [0.717, 1.165) is 20.8 Å². The molecule has 0 spiro atoms. The van der Waals surface area contributed by atoms with Gasteiger partial charge in [-0.2, -0.15) is 0 Å². The van der Waals surface area contributed by atoms with Gasteiger partial charge in [0, 0.05) is 15.5 Å². The molecule has 0 bridgehead atoms. The van der Waals surface area contributed by atoms with E-state index in [2.05, 4.69) is 26.2 Å². The Bertz CT molecular complexity index is 559. The van der Waals surface area contributed by atoms with Crippen molar-refractivity contribution >= 4 is 44.6 Å². The van der Waals surface area contributed by atoms with Crippen molar-refractivity contribution in [1.29, 1.82) is 0 Å². The number of benzene rings is 1. The number of nitrogens with one attached hydrogen (secondary N) is 1. The lowest BCUT2D eigenvalue weighted by atomic mass is 10.3. The van der Waals surface area contributed by atoms with Crippen LogP contribution in [0.1, 0.15) is 18.7 Å². The van der Waals surface area contributed by atoms with E-state index in [1.807, 2.05) is 32.0 Å². The summed E-state index contributed by atoms with van der Waals surface area (Å²) in [5.74, 6) is 0.833. The fraction of sp³-hybridized carbons (Fsp3) is 0.308. The summed E-state index contributed by atoms with van der Waals surface area (Å²) < 4.78 is 7.35. The maximum absolute atomic E-state index is 5.81. The first kappa shape index (κ1) is 14.6. The lowest BCUT2D eigenvalue weighted by molar-refractivity contribution is 0.243. The maximum atomic E-state index is 5.81. The van der Waals surface area contributed by atoms with Crippen molar-refractivity contribution in [3.8, 4) is 5.75 Å². The first-order chi connectivity index (χ1) is 9.04. The van der Waals surface area contributed by atoms with Gasteiger partial charge in [0.1, 0.15) is 5.75 Å². The summed E-state index contributed by atoms with van der Waals surface area (Å²) in [6.45, 7) is 4.70. The molecule has 3 nitrogen and oxygen atoms in total. The zero-order valence-electron chi connectivity index (χ0n) is 10.6.